The van der Waals surface area contributed by atoms with Crippen LogP contribution in [0.4, 0.5) is 10.1 Å². The number of piperazine rings is 1. The average molecular weight is 291 g/mol. The maximum atomic E-state index is 14.3. The Labute approximate surface area is 121 Å². The molecule has 2 aromatic rings. The number of nitrogen functional groups attached to an aromatic ring is 1. The van der Waals surface area contributed by atoms with Gasteiger partial charge in [-0.1, -0.05) is 0 Å². The number of nitrogens with zero attached hydrogens (tertiary/aromatic N) is 4. The quantitative estimate of drug-likeness (QED) is 0.766. The molecule has 2 heterocycles. The lowest BCUT2D eigenvalue weighted by atomic mass is 10.1. The molecule has 1 aromatic carbocycles. The highest BCUT2D eigenvalue weighted by atomic mass is 19.1. The first-order valence-corrected chi connectivity index (χ1v) is 6.89. The summed E-state index contributed by atoms with van der Waals surface area (Å²) in [7, 11) is 2.04. The predicted octanol–water partition coefficient (Wildman–Crippen LogP) is 0.310. The second kappa shape index (κ2) is 5.00. The zero-order valence-electron chi connectivity index (χ0n) is 12.1. The Kier molecular flexibility index (Phi) is 3.29. The topological polar surface area (TPSA) is 67.4 Å². The van der Waals surface area contributed by atoms with E-state index in [2.05, 4.69) is 9.88 Å². The van der Waals surface area contributed by atoms with Gasteiger partial charge in [0.05, 0.1) is 16.6 Å². The van der Waals surface area contributed by atoms with Crippen molar-refractivity contribution in [3.8, 4) is 0 Å². The molecule has 1 aliphatic rings. The van der Waals surface area contributed by atoms with Gasteiger partial charge in [-0.25, -0.2) is 14.1 Å². The number of aromatic nitrogens is 2. The SMILES string of the molecule is Cc1nc2cc(N3CCN(C)CC3)c(F)cc2c(=O)n1N. The van der Waals surface area contributed by atoms with Crippen molar-refractivity contribution in [1.29, 1.82) is 0 Å². The van der Waals surface area contributed by atoms with E-state index >= 15 is 0 Å². The number of benzene rings is 1. The number of anilines is 1. The zero-order chi connectivity index (χ0) is 15.1. The highest BCUT2D eigenvalue weighted by Crippen LogP contribution is 2.24. The number of hydrogen-bond donors (Lipinski definition) is 1. The number of hydrogen-bond acceptors (Lipinski definition) is 5. The van der Waals surface area contributed by atoms with E-state index in [0.29, 0.717) is 17.0 Å². The molecule has 7 heteroatoms. The normalized spacial score (nSPS) is 16.6. The third-order valence-electron chi connectivity index (χ3n) is 3.99. The van der Waals surface area contributed by atoms with Crippen LogP contribution < -0.4 is 16.3 Å². The van der Waals surface area contributed by atoms with Gasteiger partial charge in [-0.15, -0.1) is 0 Å². The van der Waals surface area contributed by atoms with Crippen molar-refractivity contribution in [2.75, 3.05) is 44.0 Å². The molecular formula is C14H18FN5O. The van der Waals surface area contributed by atoms with Crippen LogP contribution in [-0.2, 0) is 0 Å². The van der Waals surface area contributed by atoms with Crippen LogP contribution in [0.1, 0.15) is 5.82 Å². The maximum Gasteiger partial charge on any atom is 0.279 e. The van der Waals surface area contributed by atoms with E-state index in [-0.39, 0.29) is 5.39 Å². The van der Waals surface area contributed by atoms with Crippen LogP contribution in [0.3, 0.4) is 0 Å². The van der Waals surface area contributed by atoms with Crippen LogP contribution in [0, 0.1) is 12.7 Å². The van der Waals surface area contributed by atoms with E-state index in [1.807, 2.05) is 11.9 Å². The minimum atomic E-state index is -0.429. The molecule has 6 nitrogen and oxygen atoms in total. The first-order chi connectivity index (χ1) is 9.97. The molecule has 0 saturated carbocycles. The summed E-state index contributed by atoms with van der Waals surface area (Å²) in [5, 5.41) is 0.207. The van der Waals surface area contributed by atoms with Crippen molar-refractivity contribution in [2.24, 2.45) is 0 Å². The van der Waals surface area contributed by atoms with Crippen LogP contribution >= 0.6 is 0 Å². The summed E-state index contributed by atoms with van der Waals surface area (Å²) >= 11 is 0. The molecule has 0 bridgehead atoms. The molecule has 112 valence electrons. The van der Waals surface area contributed by atoms with Crippen molar-refractivity contribution in [1.82, 2.24) is 14.6 Å². The van der Waals surface area contributed by atoms with Crippen LogP contribution in [0.2, 0.25) is 0 Å². The molecule has 21 heavy (non-hydrogen) atoms. The minimum Gasteiger partial charge on any atom is -0.367 e. The monoisotopic (exact) mass is 291 g/mol. The van der Waals surface area contributed by atoms with Gasteiger partial charge in [0.15, 0.2) is 0 Å². The maximum absolute atomic E-state index is 14.3. The Morgan fingerprint density at radius 1 is 1.24 bits per heavy atom. The molecule has 0 unspecified atom stereocenters. The van der Waals surface area contributed by atoms with Crippen molar-refractivity contribution >= 4 is 16.6 Å². The number of halogens is 1. The van der Waals surface area contributed by atoms with Gasteiger partial charge in [0.2, 0.25) is 0 Å². The molecule has 0 amide bonds. The smallest absolute Gasteiger partial charge is 0.279 e. The third-order valence-corrected chi connectivity index (χ3v) is 3.99. The molecule has 0 radical (unpaired) electrons. The molecule has 0 aliphatic carbocycles. The van der Waals surface area contributed by atoms with Crippen molar-refractivity contribution in [3.63, 3.8) is 0 Å². The summed E-state index contributed by atoms with van der Waals surface area (Å²) < 4.78 is 15.3. The lowest BCUT2D eigenvalue weighted by molar-refractivity contribution is 0.312. The van der Waals surface area contributed by atoms with E-state index in [0.717, 1.165) is 30.9 Å². The molecule has 1 fully saturated rings. The van der Waals surface area contributed by atoms with Gasteiger partial charge >= 0.3 is 0 Å². The van der Waals surface area contributed by atoms with Gasteiger partial charge in [0.1, 0.15) is 11.6 Å². The lowest BCUT2D eigenvalue weighted by Crippen LogP contribution is -2.44. The van der Waals surface area contributed by atoms with E-state index < -0.39 is 11.4 Å². The fourth-order valence-corrected chi connectivity index (χ4v) is 2.61. The molecule has 1 aliphatic heterocycles. The van der Waals surface area contributed by atoms with Crippen LogP contribution in [0.15, 0.2) is 16.9 Å². The van der Waals surface area contributed by atoms with Crippen LogP contribution in [-0.4, -0.2) is 47.8 Å². The summed E-state index contributed by atoms with van der Waals surface area (Å²) in [6.07, 6.45) is 0. The first-order valence-electron chi connectivity index (χ1n) is 6.89. The Hall–Kier alpha value is -2.15. The van der Waals surface area contributed by atoms with Crippen molar-refractivity contribution in [3.05, 3.63) is 34.1 Å². The van der Waals surface area contributed by atoms with Gasteiger partial charge in [-0.3, -0.25) is 4.79 Å². The second-order valence-electron chi connectivity index (χ2n) is 5.45. The number of nitrogens with two attached hydrogens (primary N) is 1. The fourth-order valence-electron chi connectivity index (χ4n) is 2.61. The predicted molar refractivity (Wildman–Crippen MR) is 80.6 cm³/mol. The summed E-state index contributed by atoms with van der Waals surface area (Å²) in [5.74, 6) is 5.60. The van der Waals surface area contributed by atoms with E-state index in [1.165, 1.54) is 6.07 Å². The lowest BCUT2D eigenvalue weighted by Gasteiger charge is -2.34. The van der Waals surface area contributed by atoms with Gasteiger partial charge in [0.25, 0.3) is 5.56 Å². The third kappa shape index (κ3) is 2.33. The summed E-state index contributed by atoms with van der Waals surface area (Å²) in [5.41, 5.74) is 0.549. The molecule has 2 N–H and O–H groups in total. The van der Waals surface area contributed by atoms with Gasteiger partial charge < -0.3 is 15.6 Å². The van der Waals surface area contributed by atoms with Gasteiger partial charge in [-0.05, 0) is 26.1 Å². The van der Waals surface area contributed by atoms with Crippen LogP contribution in [0.25, 0.3) is 10.9 Å². The largest absolute Gasteiger partial charge is 0.367 e. The Morgan fingerprint density at radius 2 is 1.90 bits per heavy atom. The number of fused-ring (bicyclic) bond motifs is 1. The molecule has 0 spiro atoms. The van der Waals surface area contributed by atoms with Crippen molar-refractivity contribution < 1.29 is 4.39 Å². The van der Waals surface area contributed by atoms with Gasteiger partial charge in [0, 0.05) is 26.2 Å². The fraction of sp³-hybridized carbons (Fsp3) is 0.429. The zero-order valence-corrected chi connectivity index (χ0v) is 12.1. The number of aryl methyl sites for hydroxylation is 1. The molecule has 0 atom stereocenters. The Morgan fingerprint density at radius 3 is 2.57 bits per heavy atom. The summed E-state index contributed by atoms with van der Waals surface area (Å²) in [6.45, 7) is 4.93. The van der Waals surface area contributed by atoms with E-state index in [4.69, 9.17) is 5.84 Å². The minimum absolute atomic E-state index is 0.207. The molecule has 1 saturated heterocycles. The Balaban J connectivity index is 2.11. The molecular weight excluding hydrogens is 273 g/mol. The van der Waals surface area contributed by atoms with Crippen LogP contribution in [0.5, 0.6) is 0 Å². The number of likely N-dealkylation sites (N-methyl/N-ethyl adjacent to an activating group) is 1. The standard InChI is InChI=1S/C14H18FN5O/c1-9-17-12-8-13(19-5-3-18(2)4-6-19)11(15)7-10(12)14(21)20(9)16/h7-8H,3-6,16H2,1-2H3. The van der Waals surface area contributed by atoms with E-state index in [9.17, 15) is 9.18 Å². The highest BCUT2D eigenvalue weighted by Gasteiger charge is 2.19. The van der Waals surface area contributed by atoms with Crippen molar-refractivity contribution in [2.45, 2.75) is 6.92 Å². The Bertz CT molecular complexity index is 749. The summed E-state index contributed by atoms with van der Waals surface area (Å²) in [6, 6.07) is 2.88. The first kappa shape index (κ1) is 13.8. The van der Waals surface area contributed by atoms with Gasteiger partial charge in [-0.2, -0.15) is 0 Å². The number of rotatable bonds is 1. The highest BCUT2D eigenvalue weighted by molar-refractivity contribution is 5.82. The average Bonchev–Trinajstić information content (AvgIpc) is 2.47. The van der Waals surface area contributed by atoms with E-state index in [1.54, 1.807) is 13.0 Å². The molecule has 1 aromatic heterocycles. The molecule has 3 rings (SSSR count). The summed E-state index contributed by atoms with van der Waals surface area (Å²) in [4.78, 5) is 20.5. The second-order valence-corrected chi connectivity index (χ2v) is 5.45.